The van der Waals surface area contributed by atoms with Gasteiger partial charge in [0.1, 0.15) is 18.2 Å². The molecule has 2 aromatic rings. The van der Waals surface area contributed by atoms with Crippen LogP contribution >= 0.6 is 0 Å². The lowest BCUT2D eigenvalue weighted by Gasteiger charge is -2.23. The van der Waals surface area contributed by atoms with Crippen molar-refractivity contribution in [3.05, 3.63) is 29.3 Å². The van der Waals surface area contributed by atoms with Crippen LogP contribution in [0.2, 0.25) is 0 Å². The van der Waals surface area contributed by atoms with E-state index in [4.69, 9.17) is 24.7 Å². The Morgan fingerprint density at radius 2 is 1.84 bits per heavy atom. The highest BCUT2D eigenvalue weighted by atomic mass is 16.7. The van der Waals surface area contributed by atoms with E-state index in [2.05, 4.69) is 16.5 Å². The van der Waals surface area contributed by atoms with Crippen LogP contribution in [0.5, 0.6) is 0 Å². The zero-order chi connectivity index (χ0) is 23.6. The molecular formula is C19H23N5O8. The van der Waals surface area contributed by atoms with Crippen LogP contribution < -0.4 is 11.4 Å². The van der Waals surface area contributed by atoms with Crippen LogP contribution in [0.4, 0.5) is 5.95 Å². The van der Waals surface area contributed by atoms with Gasteiger partial charge in [0.2, 0.25) is 5.95 Å². The van der Waals surface area contributed by atoms with Gasteiger partial charge in [-0.05, 0) is 0 Å². The van der Waals surface area contributed by atoms with E-state index < -0.39 is 48.1 Å². The average molecular weight is 449 g/mol. The predicted octanol–water partition coefficient (Wildman–Crippen LogP) is -0.315. The van der Waals surface area contributed by atoms with Crippen molar-refractivity contribution in [1.82, 2.24) is 19.1 Å². The summed E-state index contributed by atoms with van der Waals surface area (Å²) in [5, 5.41) is 0. The van der Waals surface area contributed by atoms with Gasteiger partial charge in [0.05, 0.1) is 6.20 Å². The average Bonchev–Trinajstić information content (AvgIpc) is 3.14. The number of fused-ring (bicyclic) bond motifs is 1. The number of carbonyl (C=O) groups excluding carboxylic acids is 3. The molecular weight excluding hydrogens is 426 g/mol. The number of nitrogen functional groups attached to an aromatic ring is 1. The fourth-order valence-corrected chi connectivity index (χ4v) is 3.51. The number of rotatable bonds is 7. The van der Waals surface area contributed by atoms with Crippen molar-refractivity contribution in [3.8, 4) is 0 Å². The topological polar surface area (TPSA) is 167 Å². The molecule has 1 fully saturated rings. The predicted molar refractivity (Wildman–Crippen MR) is 108 cm³/mol. The van der Waals surface area contributed by atoms with Gasteiger partial charge in [-0.15, -0.1) is 6.58 Å². The molecule has 2 N–H and O–H groups in total. The van der Waals surface area contributed by atoms with Crippen molar-refractivity contribution in [3.63, 3.8) is 0 Å². The highest BCUT2D eigenvalue weighted by molar-refractivity contribution is 5.72. The summed E-state index contributed by atoms with van der Waals surface area (Å²) < 4.78 is 24.1. The van der Waals surface area contributed by atoms with Gasteiger partial charge >= 0.3 is 23.6 Å². The first-order valence-electron chi connectivity index (χ1n) is 9.61. The number of nitrogens with zero attached hydrogens (tertiary/aromatic N) is 4. The van der Waals surface area contributed by atoms with Gasteiger partial charge in [-0.25, -0.2) is 14.3 Å². The minimum Gasteiger partial charge on any atom is -0.463 e. The molecule has 13 heteroatoms. The minimum absolute atomic E-state index is 0.1000. The number of hydrogen-bond acceptors (Lipinski definition) is 11. The molecule has 0 aliphatic carbocycles. The molecule has 0 spiro atoms. The highest BCUT2D eigenvalue weighted by Crippen LogP contribution is 2.35. The molecule has 3 rings (SSSR count). The Morgan fingerprint density at radius 1 is 1.19 bits per heavy atom. The number of esters is 3. The highest BCUT2D eigenvalue weighted by Gasteiger charge is 2.51. The second-order valence-electron chi connectivity index (χ2n) is 7.00. The lowest BCUT2D eigenvalue weighted by molar-refractivity contribution is -0.166. The van der Waals surface area contributed by atoms with E-state index in [0.29, 0.717) is 5.52 Å². The summed E-state index contributed by atoms with van der Waals surface area (Å²) in [6.45, 7) is 6.98. The summed E-state index contributed by atoms with van der Waals surface area (Å²) in [6.07, 6.45) is -1.82. The fraction of sp³-hybridized carbons (Fsp3) is 0.474. The molecule has 13 nitrogen and oxygen atoms in total. The number of allylic oxidation sites excluding steroid dienone is 1. The number of hydrogen-bond donors (Lipinski definition) is 1. The summed E-state index contributed by atoms with van der Waals surface area (Å²) in [7, 11) is 0. The van der Waals surface area contributed by atoms with Gasteiger partial charge in [0.15, 0.2) is 24.1 Å². The lowest BCUT2D eigenvalue weighted by Crippen LogP contribution is -2.41. The molecule has 0 bridgehead atoms. The molecule has 0 radical (unpaired) electrons. The number of imidazole rings is 1. The molecule has 1 saturated heterocycles. The van der Waals surface area contributed by atoms with Crippen LogP contribution in [-0.2, 0) is 39.9 Å². The maximum absolute atomic E-state index is 13.3. The summed E-state index contributed by atoms with van der Waals surface area (Å²) in [5.74, 6) is -2.08. The maximum atomic E-state index is 13.3. The maximum Gasteiger partial charge on any atom is 0.332 e. The quantitative estimate of drug-likeness (QED) is 0.334. The molecule has 32 heavy (non-hydrogen) atoms. The number of aromatic nitrogens is 4. The summed E-state index contributed by atoms with van der Waals surface area (Å²) in [5.41, 5.74) is 5.60. The minimum atomic E-state index is -1.26. The Kier molecular flexibility index (Phi) is 6.58. The SMILES string of the molecule is C=CCn1c(=O)n([C@@H]2O[C@H](COC(C)=O)[C@@H](OC(C)=O)[C@H]2OC(C)=O)c2nc(N)ncc21. The largest absolute Gasteiger partial charge is 0.463 e. The third kappa shape index (κ3) is 4.46. The normalized spacial score (nSPS) is 22.5. The van der Waals surface area contributed by atoms with Crippen molar-refractivity contribution < 1.29 is 33.3 Å². The van der Waals surface area contributed by atoms with Crippen LogP contribution in [0.25, 0.3) is 11.2 Å². The lowest BCUT2D eigenvalue weighted by atomic mass is 10.1. The van der Waals surface area contributed by atoms with E-state index in [1.54, 1.807) is 0 Å². The molecule has 0 unspecified atom stereocenters. The Labute approximate surface area is 181 Å². The molecule has 4 atom stereocenters. The Morgan fingerprint density at radius 3 is 2.44 bits per heavy atom. The number of ether oxygens (including phenoxy) is 4. The molecule has 0 amide bonds. The fourth-order valence-electron chi connectivity index (χ4n) is 3.51. The monoisotopic (exact) mass is 449 g/mol. The Hall–Kier alpha value is -3.74. The number of anilines is 1. The first-order chi connectivity index (χ1) is 15.1. The molecule has 172 valence electrons. The van der Waals surface area contributed by atoms with Crippen molar-refractivity contribution >= 4 is 35.0 Å². The Balaban J connectivity index is 2.17. The van der Waals surface area contributed by atoms with Gasteiger partial charge in [0, 0.05) is 27.3 Å². The standard InChI is InChI=1S/C19H23N5O8/c1-5-6-23-12-7-21-18(20)22-16(12)24(19(23)28)17-15(31-11(4)27)14(30-10(3)26)13(32-17)8-29-9(2)25/h5,7,13-15,17H,1,6,8H2,2-4H3,(H2,20,21,22)/t13-,14-,15-,17-/m1/s1. The first-order valence-corrected chi connectivity index (χ1v) is 9.61. The third-order valence-corrected chi connectivity index (χ3v) is 4.63. The Bertz CT molecular complexity index is 1120. The van der Waals surface area contributed by atoms with Crippen LogP contribution in [0.15, 0.2) is 23.6 Å². The van der Waals surface area contributed by atoms with Gasteiger partial charge in [-0.3, -0.25) is 19.0 Å². The molecule has 3 heterocycles. The smallest absolute Gasteiger partial charge is 0.332 e. The van der Waals surface area contributed by atoms with E-state index in [1.807, 2.05) is 0 Å². The van der Waals surface area contributed by atoms with E-state index in [-0.39, 0.29) is 24.7 Å². The van der Waals surface area contributed by atoms with Crippen LogP contribution in [0.1, 0.15) is 27.0 Å². The second kappa shape index (κ2) is 9.18. The van der Waals surface area contributed by atoms with E-state index in [9.17, 15) is 19.2 Å². The van der Waals surface area contributed by atoms with Crippen LogP contribution in [-0.4, -0.2) is 61.9 Å². The van der Waals surface area contributed by atoms with E-state index in [1.165, 1.54) is 23.8 Å². The van der Waals surface area contributed by atoms with Crippen molar-refractivity contribution in [2.45, 2.75) is 51.9 Å². The summed E-state index contributed by atoms with van der Waals surface area (Å²) in [4.78, 5) is 56.2. The zero-order valence-electron chi connectivity index (χ0n) is 17.7. The van der Waals surface area contributed by atoms with E-state index in [0.717, 1.165) is 18.4 Å². The van der Waals surface area contributed by atoms with Gasteiger partial charge < -0.3 is 24.7 Å². The van der Waals surface area contributed by atoms with Crippen LogP contribution in [0, 0.1) is 0 Å². The molecule has 0 aromatic carbocycles. The number of nitrogens with two attached hydrogens (primary N) is 1. The number of carbonyl (C=O) groups is 3. The van der Waals surface area contributed by atoms with Gasteiger partial charge in [-0.2, -0.15) is 4.98 Å². The zero-order valence-corrected chi connectivity index (χ0v) is 17.7. The van der Waals surface area contributed by atoms with Gasteiger partial charge in [-0.1, -0.05) is 6.08 Å². The third-order valence-electron chi connectivity index (χ3n) is 4.63. The molecule has 2 aromatic heterocycles. The van der Waals surface area contributed by atoms with Gasteiger partial charge in [0.25, 0.3) is 0 Å². The molecule has 1 aliphatic heterocycles. The molecule has 0 saturated carbocycles. The van der Waals surface area contributed by atoms with E-state index >= 15 is 0 Å². The van der Waals surface area contributed by atoms with Crippen molar-refractivity contribution in [2.24, 2.45) is 0 Å². The van der Waals surface area contributed by atoms with Crippen LogP contribution in [0.3, 0.4) is 0 Å². The first kappa shape index (κ1) is 22.9. The van der Waals surface area contributed by atoms with Crippen molar-refractivity contribution in [1.29, 1.82) is 0 Å². The second-order valence-corrected chi connectivity index (χ2v) is 7.00. The molecule has 1 aliphatic rings. The summed E-state index contributed by atoms with van der Waals surface area (Å²) in [6, 6.07) is 0. The summed E-state index contributed by atoms with van der Waals surface area (Å²) >= 11 is 0. The van der Waals surface area contributed by atoms with Crippen molar-refractivity contribution in [2.75, 3.05) is 12.3 Å².